The second-order valence-electron chi connectivity index (χ2n) is 6.21. The minimum absolute atomic E-state index is 0.213. The Bertz CT molecular complexity index is 1270. The Morgan fingerprint density at radius 3 is 2.56 bits per heavy atom. The molecule has 0 bridgehead atoms. The summed E-state index contributed by atoms with van der Waals surface area (Å²) < 4.78 is 6.94. The quantitative estimate of drug-likeness (QED) is 0.545. The minimum atomic E-state index is -0.213. The first kappa shape index (κ1) is 16.6. The number of fused-ring (bicyclic) bond motifs is 1. The molecule has 0 amide bonds. The maximum atomic E-state index is 13.3. The highest BCUT2D eigenvalue weighted by Crippen LogP contribution is 2.25. The van der Waals surface area contributed by atoms with E-state index >= 15 is 0 Å². The summed E-state index contributed by atoms with van der Waals surface area (Å²) in [6.07, 6.45) is 1.75. The zero-order valence-electron chi connectivity index (χ0n) is 14.6. The average Bonchev–Trinajstić information content (AvgIpc) is 3.13. The van der Waals surface area contributed by atoms with Gasteiger partial charge in [-0.05, 0) is 48.9 Å². The Morgan fingerprint density at radius 1 is 1.15 bits per heavy atom. The molecule has 5 nitrogen and oxygen atoms in total. The maximum Gasteiger partial charge on any atom is 0.266 e. The number of aromatic nitrogens is 2. The lowest BCUT2D eigenvalue weighted by Crippen LogP contribution is -2.20. The molecule has 0 atom stereocenters. The van der Waals surface area contributed by atoms with Gasteiger partial charge in [0, 0.05) is 17.1 Å². The summed E-state index contributed by atoms with van der Waals surface area (Å²) >= 11 is 0. The van der Waals surface area contributed by atoms with Gasteiger partial charge in [0.05, 0.1) is 28.4 Å². The van der Waals surface area contributed by atoms with Crippen molar-refractivity contribution in [3.05, 3.63) is 88.4 Å². The zero-order valence-corrected chi connectivity index (χ0v) is 14.6. The molecule has 0 saturated heterocycles. The number of benzene rings is 2. The zero-order chi connectivity index (χ0) is 19.0. The molecule has 0 aliphatic rings. The molecule has 4 aromatic rings. The summed E-state index contributed by atoms with van der Waals surface area (Å²) in [7, 11) is 0. The van der Waals surface area contributed by atoms with Gasteiger partial charge >= 0.3 is 0 Å². The van der Waals surface area contributed by atoms with Crippen molar-refractivity contribution in [1.82, 2.24) is 9.72 Å². The van der Waals surface area contributed by atoms with Crippen LogP contribution < -0.4 is 5.56 Å². The molecular weight excluding hydrogens is 338 g/mol. The van der Waals surface area contributed by atoms with Gasteiger partial charge in [0.1, 0.15) is 0 Å². The third-order valence-corrected chi connectivity index (χ3v) is 4.41. The molecule has 5 heteroatoms. The third-order valence-electron chi connectivity index (χ3n) is 4.41. The number of rotatable bonds is 3. The molecular formula is C22H15N3O2. The molecule has 0 N–H and O–H groups in total. The van der Waals surface area contributed by atoms with Crippen LogP contribution in [0.1, 0.15) is 16.8 Å². The van der Waals surface area contributed by atoms with Crippen molar-refractivity contribution in [3.8, 4) is 23.1 Å². The van der Waals surface area contributed by atoms with Crippen LogP contribution in [0.25, 0.3) is 34.0 Å². The van der Waals surface area contributed by atoms with Crippen molar-refractivity contribution >= 4 is 17.0 Å². The van der Waals surface area contributed by atoms with Gasteiger partial charge < -0.3 is 4.52 Å². The fourth-order valence-electron chi connectivity index (χ4n) is 3.07. The third kappa shape index (κ3) is 2.83. The fraction of sp³-hybridized carbons (Fsp3) is 0.0455. The maximum absolute atomic E-state index is 13.3. The molecule has 0 unspecified atom stereocenters. The van der Waals surface area contributed by atoms with Crippen LogP contribution in [0.3, 0.4) is 0 Å². The molecule has 2 aromatic carbocycles. The monoisotopic (exact) mass is 353 g/mol. The standard InChI is InChI=1S/C22H15N3O2/c1-3-15-4-7-18(8-5-15)25-20-9-6-16(13-23)11-17(20)12-19(22(25)26)21-10-14(2)24-27-21/h3-12H,1H2,2H3. The largest absolute Gasteiger partial charge is 0.356 e. The van der Waals surface area contributed by atoms with Gasteiger partial charge in [-0.3, -0.25) is 9.36 Å². The normalized spacial score (nSPS) is 10.7. The summed E-state index contributed by atoms with van der Waals surface area (Å²) in [5.74, 6) is 0.401. The predicted octanol–water partition coefficient (Wildman–Crippen LogP) is 4.47. The van der Waals surface area contributed by atoms with E-state index in [9.17, 15) is 10.1 Å². The second kappa shape index (κ2) is 6.43. The van der Waals surface area contributed by atoms with Gasteiger partial charge in [-0.25, -0.2) is 0 Å². The summed E-state index contributed by atoms with van der Waals surface area (Å²) in [4.78, 5) is 13.3. The Hall–Kier alpha value is -3.91. The van der Waals surface area contributed by atoms with Crippen molar-refractivity contribution in [2.24, 2.45) is 0 Å². The molecule has 27 heavy (non-hydrogen) atoms. The molecule has 2 heterocycles. The van der Waals surface area contributed by atoms with Crippen molar-refractivity contribution in [1.29, 1.82) is 5.26 Å². The van der Waals surface area contributed by atoms with Crippen LogP contribution in [0.4, 0.5) is 0 Å². The molecule has 0 saturated carbocycles. The number of hydrogen-bond acceptors (Lipinski definition) is 4. The summed E-state index contributed by atoms with van der Waals surface area (Å²) in [5.41, 5.74) is 3.79. The van der Waals surface area contributed by atoms with E-state index in [4.69, 9.17) is 4.52 Å². The Kier molecular flexibility index (Phi) is 3.94. The fourth-order valence-corrected chi connectivity index (χ4v) is 3.07. The summed E-state index contributed by atoms with van der Waals surface area (Å²) in [6, 6.07) is 18.4. The van der Waals surface area contributed by atoms with Crippen molar-refractivity contribution in [3.63, 3.8) is 0 Å². The topological polar surface area (TPSA) is 71.8 Å². The average molecular weight is 353 g/mol. The molecule has 0 aliphatic carbocycles. The van der Waals surface area contributed by atoms with Crippen molar-refractivity contribution in [2.45, 2.75) is 6.92 Å². The highest BCUT2D eigenvalue weighted by atomic mass is 16.5. The molecule has 130 valence electrons. The van der Waals surface area contributed by atoms with Crippen LogP contribution in [-0.2, 0) is 0 Å². The number of aryl methyl sites for hydroxylation is 1. The van der Waals surface area contributed by atoms with E-state index in [0.29, 0.717) is 28.1 Å². The lowest BCUT2D eigenvalue weighted by Gasteiger charge is -2.13. The highest BCUT2D eigenvalue weighted by Gasteiger charge is 2.16. The van der Waals surface area contributed by atoms with E-state index in [1.807, 2.05) is 24.3 Å². The van der Waals surface area contributed by atoms with E-state index in [1.165, 1.54) is 0 Å². The smallest absolute Gasteiger partial charge is 0.266 e. The number of nitriles is 1. The van der Waals surface area contributed by atoms with Crippen LogP contribution in [0.2, 0.25) is 0 Å². The van der Waals surface area contributed by atoms with Gasteiger partial charge in [-0.2, -0.15) is 5.26 Å². The molecule has 0 fully saturated rings. The Balaban J connectivity index is 2.08. The van der Waals surface area contributed by atoms with Gasteiger partial charge in [0.15, 0.2) is 5.76 Å². The lowest BCUT2D eigenvalue weighted by atomic mass is 10.1. The second-order valence-corrected chi connectivity index (χ2v) is 6.21. The van der Waals surface area contributed by atoms with Crippen LogP contribution in [0.5, 0.6) is 0 Å². The van der Waals surface area contributed by atoms with E-state index in [1.54, 1.807) is 47.9 Å². The molecule has 0 spiro atoms. The minimum Gasteiger partial charge on any atom is -0.356 e. The van der Waals surface area contributed by atoms with Gasteiger partial charge in [0.2, 0.25) is 0 Å². The van der Waals surface area contributed by atoms with Gasteiger partial charge in [-0.1, -0.05) is 29.9 Å². The highest BCUT2D eigenvalue weighted by molar-refractivity contribution is 5.86. The first-order valence-electron chi connectivity index (χ1n) is 8.37. The van der Waals surface area contributed by atoms with Crippen LogP contribution in [0, 0.1) is 18.3 Å². The Morgan fingerprint density at radius 2 is 1.93 bits per heavy atom. The number of nitrogens with zero attached hydrogens (tertiary/aromatic N) is 3. The van der Waals surface area contributed by atoms with E-state index in [2.05, 4.69) is 17.8 Å². The van der Waals surface area contributed by atoms with Crippen molar-refractivity contribution < 1.29 is 4.52 Å². The Labute approximate surface area is 155 Å². The first-order chi connectivity index (χ1) is 13.1. The molecule has 4 rings (SSSR count). The van der Waals surface area contributed by atoms with Gasteiger partial charge in [-0.15, -0.1) is 0 Å². The molecule has 2 aromatic heterocycles. The summed E-state index contributed by atoms with van der Waals surface area (Å²) in [5, 5.41) is 13.9. The van der Waals surface area contributed by atoms with E-state index in [0.717, 1.165) is 16.6 Å². The molecule has 0 aliphatic heterocycles. The predicted molar refractivity (Wildman–Crippen MR) is 105 cm³/mol. The first-order valence-corrected chi connectivity index (χ1v) is 8.37. The van der Waals surface area contributed by atoms with Crippen LogP contribution >= 0.6 is 0 Å². The molecule has 0 radical (unpaired) electrons. The van der Waals surface area contributed by atoms with E-state index in [-0.39, 0.29) is 5.56 Å². The van der Waals surface area contributed by atoms with Crippen LogP contribution in [-0.4, -0.2) is 9.72 Å². The SMILES string of the molecule is C=Cc1ccc(-n2c(=O)c(-c3cc(C)no3)cc3cc(C#N)ccc32)cc1. The summed E-state index contributed by atoms with van der Waals surface area (Å²) in [6.45, 7) is 5.56. The van der Waals surface area contributed by atoms with E-state index < -0.39 is 0 Å². The van der Waals surface area contributed by atoms with Gasteiger partial charge in [0.25, 0.3) is 5.56 Å². The van der Waals surface area contributed by atoms with Crippen molar-refractivity contribution in [2.75, 3.05) is 0 Å². The number of pyridine rings is 1. The number of hydrogen-bond donors (Lipinski definition) is 0. The van der Waals surface area contributed by atoms with Crippen LogP contribution in [0.15, 0.2) is 70.5 Å². The lowest BCUT2D eigenvalue weighted by molar-refractivity contribution is 0.426.